The van der Waals surface area contributed by atoms with E-state index in [0.29, 0.717) is 6.04 Å². The van der Waals surface area contributed by atoms with Crippen LogP contribution in [0.4, 0.5) is 5.69 Å². The van der Waals surface area contributed by atoms with E-state index in [1.165, 1.54) is 5.56 Å². The number of aromatic nitrogens is 2. The molecule has 0 saturated carbocycles. The van der Waals surface area contributed by atoms with E-state index in [2.05, 4.69) is 51.5 Å². The van der Waals surface area contributed by atoms with Crippen LogP contribution in [0.2, 0.25) is 0 Å². The van der Waals surface area contributed by atoms with Crippen LogP contribution in [0.25, 0.3) is 0 Å². The zero-order valence-electron chi connectivity index (χ0n) is 10.9. The Morgan fingerprint density at radius 3 is 2.78 bits per heavy atom. The summed E-state index contributed by atoms with van der Waals surface area (Å²) in [6, 6.07) is 8.74. The lowest BCUT2D eigenvalue weighted by Crippen LogP contribution is -2.09. The molecule has 2 aromatic rings. The number of benzene rings is 1. The van der Waals surface area contributed by atoms with E-state index in [1.807, 2.05) is 30.9 Å². The summed E-state index contributed by atoms with van der Waals surface area (Å²) in [4.78, 5) is 0. The highest BCUT2D eigenvalue weighted by atomic mass is 79.9. The van der Waals surface area contributed by atoms with Gasteiger partial charge in [0.2, 0.25) is 0 Å². The fourth-order valence-electron chi connectivity index (χ4n) is 2.07. The molecule has 0 amide bonds. The molecular weight excluding hydrogens is 290 g/mol. The first-order valence-corrected chi connectivity index (χ1v) is 6.91. The van der Waals surface area contributed by atoms with Gasteiger partial charge in [0.15, 0.2) is 0 Å². The van der Waals surface area contributed by atoms with E-state index >= 15 is 0 Å². The van der Waals surface area contributed by atoms with Crippen LogP contribution in [0.5, 0.6) is 0 Å². The number of anilines is 1. The van der Waals surface area contributed by atoms with Gasteiger partial charge in [0.05, 0.1) is 17.4 Å². The Balaban J connectivity index is 2.22. The second-order valence-corrected chi connectivity index (χ2v) is 5.38. The molecule has 1 heterocycles. The van der Waals surface area contributed by atoms with Crippen molar-refractivity contribution in [2.24, 2.45) is 7.05 Å². The minimum absolute atomic E-state index is 0.311. The molecule has 1 N–H and O–H groups in total. The van der Waals surface area contributed by atoms with E-state index in [-0.39, 0.29) is 0 Å². The van der Waals surface area contributed by atoms with Crippen molar-refractivity contribution < 1.29 is 0 Å². The third-order valence-corrected chi connectivity index (χ3v) is 3.50. The van der Waals surface area contributed by atoms with Gasteiger partial charge >= 0.3 is 0 Å². The summed E-state index contributed by atoms with van der Waals surface area (Å²) in [5.41, 5.74) is 3.42. The molecule has 0 aliphatic heterocycles. The summed E-state index contributed by atoms with van der Waals surface area (Å²) >= 11 is 3.52. The highest BCUT2D eigenvalue weighted by molar-refractivity contribution is 9.10. The van der Waals surface area contributed by atoms with Gasteiger partial charge in [0, 0.05) is 17.7 Å². The molecule has 3 nitrogen and oxygen atoms in total. The standard InChI is InChI=1S/C14H18BrN3/c1-4-13(11-6-5-7-12(15)8-11)16-14-9-18(3)17-10(14)2/h5-9,13,16H,4H2,1-3H3. The molecule has 4 heteroatoms. The molecule has 0 radical (unpaired) electrons. The summed E-state index contributed by atoms with van der Waals surface area (Å²) < 4.78 is 2.95. The zero-order valence-corrected chi connectivity index (χ0v) is 12.5. The second-order valence-electron chi connectivity index (χ2n) is 4.46. The first kappa shape index (κ1) is 13.1. The number of aryl methyl sites for hydroxylation is 2. The molecular formula is C14H18BrN3. The Kier molecular flexibility index (Phi) is 4.07. The topological polar surface area (TPSA) is 29.9 Å². The number of nitrogens with one attached hydrogen (secondary N) is 1. The molecule has 1 atom stereocenters. The highest BCUT2D eigenvalue weighted by Crippen LogP contribution is 2.25. The Labute approximate surface area is 116 Å². The number of nitrogens with zero attached hydrogens (tertiary/aromatic N) is 2. The smallest absolute Gasteiger partial charge is 0.0825 e. The maximum absolute atomic E-state index is 4.35. The maximum Gasteiger partial charge on any atom is 0.0825 e. The molecule has 0 spiro atoms. The number of hydrogen-bond donors (Lipinski definition) is 1. The lowest BCUT2D eigenvalue weighted by Gasteiger charge is -2.18. The molecule has 2 rings (SSSR count). The van der Waals surface area contributed by atoms with Gasteiger partial charge in [-0.15, -0.1) is 0 Å². The van der Waals surface area contributed by atoms with Crippen molar-refractivity contribution in [3.05, 3.63) is 46.2 Å². The first-order chi connectivity index (χ1) is 8.60. The predicted octanol–water partition coefficient (Wildman–Crippen LogP) is 4.05. The molecule has 0 bridgehead atoms. The van der Waals surface area contributed by atoms with Crippen molar-refractivity contribution in [1.82, 2.24) is 9.78 Å². The molecule has 0 aliphatic carbocycles. The van der Waals surface area contributed by atoms with Gasteiger partial charge in [-0.25, -0.2) is 0 Å². The minimum atomic E-state index is 0.311. The summed E-state index contributed by atoms with van der Waals surface area (Å²) in [5.74, 6) is 0. The largest absolute Gasteiger partial charge is 0.375 e. The van der Waals surface area contributed by atoms with Crippen molar-refractivity contribution in [3.63, 3.8) is 0 Å². The lowest BCUT2D eigenvalue weighted by molar-refractivity contribution is 0.747. The van der Waals surface area contributed by atoms with Gasteiger partial charge in [-0.05, 0) is 31.0 Å². The normalized spacial score (nSPS) is 12.4. The fraction of sp³-hybridized carbons (Fsp3) is 0.357. The zero-order chi connectivity index (χ0) is 13.1. The fourth-order valence-corrected chi connectivity index (χ4v) is 2.49. The van der Waals surface area contributed by atoms with Gasteiger partial charge in [-0.2, -0.15) is 5.10 Å². The maximum atomic E-state index is 4.35. The van der Waals surface area contributed by atoms with Gasteiger partial charge in [-0.3, -0.25) is 4.68 Å². The van der Waals surface area contributed by atoms with Gasteiger partial charge in [-0.1, -0.05) is 35.0 Å². The van der Waals surface area contributed by atoms with Crippen molar-refractivity contribution in [2.75, 3.05) is 5.32 Å². The van der Waals surface area contributed by atoms with Crippen molar-refractivity contribution in [1.29, 1.82) is 0 Å². The SMILES string of the molecule is CCC(Nc1cn(C)nc1C)c1cccc(Br)c1. The van der Waals surface area contributed by atoms with Crippen molar-refractivity contribution >= 4 is 21.6 Å². The highest BCUT2D eigenvalue weighted by Gasteiger charge is 2.12. The summed E-state index contributed by atoms with van der Waals surface area (Å²) in [6.45, 7) is 4.21. The summed E-state index contributed by atoms with van der Waals surface area (Å²) in [7, 11) is 1.94. The Hall–Kier alpha value is -1.29. The average Bonchev–Trinajstić information content (AvgIpc) is 2.64. The molecule has 1 aromatic heterocycles. The molecule has 0 aliphatic rings. The monoisotopic (exact) mass is 307 g/mol. The number of rotatable bonds is 4. The van der Waals surface area contributed by atoms with Gasteiger partial charge in [0.25, 0.3) is 0 Å². The predicted molar refractivity (Wildman–Crippen MR) is 78.7 cm³/mol. The van der Waals surface area contributed by atoms with E-state index in [4.69, 9.17) is 0 Å². The second kappa shape index (κ2) is 5.57. The van der Waals surface area contributed by atoms with E-state index in [9.17, 15) is 0 Å². The summed E-state index contributed by atoms with van der Waals surface area (Å²) in [6.07, 6.45) is 3.06. The van der Waals surface area contributed by atoms with E-state index in [0.717, 1.165) is 22.3 Å². The molecule has 18 heavy (non-hydrogen) atoms. The van der Waals surface area contributed by atoms with Crippen LogP contribution in [0.3, 0.4) is 0 Å². The van der Waals surface area contributed by atoms with Crippen LogP contribution in [0.1, 0.15) is 30.6 Å². The van der Waals surface area contributed by atoms with Crippen molar-refractivity contribution in [3.8, 4) is 0 Å². The Bertz CT molecular complexity index is 534. The third-order valence-electron chi connectivity index (χ3n) is 3.00. The van der Waals surface area contributed by atoms with Crippen LogP contribution in [-0.4, -0.2) is 9.78 Å². The average molecular weight is 308 g/mol. The molecule has 1 aromatic carbocycles. The Morgan fingerprint density at radius 2 is 2.22 bits per heavy atom. The summed E-state index contributed by atoms with van der Waals surface area (Å²) in [5, 5.41) is 7.91. The quantitative estimate of drug-likeness (QED) is 0.923. The number of halogens is 1. The van der Waals surface area contributed by atoms with Crippen LogP contribution in [-0.2, 0) is 7.05 Å². The van der Waals surface area contributed by atoms with Crippen LogP contribution >= 0.6 is 15.9 Å². The molecule has 0 fully saturated rings. The molecule has 1 unspecified atom stereocenters. The van der Waals surface area contributed by atoms with Crippen LogP contribution < -0.4 is 5.32 Å². The molecule has 96 valence electrons. The minimum Gasteiger partial charge on any atom is -0.375 e. The first-order valence-electron chi connectivity index (χ1n) is 6.12. The van der Waals surface area contributed by atoms with Crippen molar-refractivity contribution in [2.45, 2.75) is 26.3 Å². The van der Waals surface area contributed by atoms with Gasteiger partial charge < -0.3 is 5.32 Å². The van der Waals surface area contributed by atoms with Crippen LogP contribution in [0, 0.1) is 6.92 Å². The number of hydrogen-bond acceptors (Lipinski definition) is 2. The molecule has 0 saturated heterocycles. The van der Waals surface area contributed by atoms with Crippen LogP contribution in [0.15, 0.2) is 34.9 Å². The Morgan fingerprint density at radius 1 is 1.44 bits per heavy atom. The van der Waals surface area contributed by atoms with Gasteiger partial charge in [0.1, 0.15) is 0 Å². The van der Waals surface area contributed by atoms with E-state index in [1.54, 1.807) is 0 Å². The lowest BCUT2D eigenvalue weighted by atomic mass is 10.0. The van der Waals surface area contributed by atoms with E-state index < -0.39 is 0 Å². The third kappa shape index (κ3) is 2.93.